The maximum absolute atomic E-state index is 4.35. The molecule has 0 saturated carbocycles. The molecular weight excluding hydrogens is 212 g/mol. The third-order valence-corrected chi connectivity index (χ3v) is 3.65. The first kappa shape index (κ1) is 12.6. The van der Waals surface area contributed by atoms with Crippen molar-refractivity contribution in [3.63, 3.8) is 0 Å². The van der Waals surface area contributed by atoms with Crippen molar-refractivity contribution in [3.05, 3.63) is 18.0 Å². The van der Waals surface area contributed by atoms with Crippen molar-refractivity contribution in [2.24, 2.45) is 7.05 Å². The Kier molecular flexibility index (Phi) is 4.57. The molecule has 0 spiro atoms. The maximum atomic E-state index is 4.35. The van der Waals surface area contributed by atoms with Crippen molar-refractivity contribution >= 4 is 0 Å². The summed E-state index contributed by atoms with van der Waals surface area (Å²) < 4.78 is 1.85. The van der Waals surface area contributed by atoms with Crippen LogP contribution in [0, 0.1) is 0 Å². The number of nitrogens with zero attached hydrogens (tertiary/aromatic N) is 3. The van der Waals surface area contributed by atoms with E-state index < -0.39 is 0 Å². The average Bonchev–Trinajstić information content (AvgIpc) is 2.73. The Balaban J connectivity index is 1.62. The van der Waals surface area contributed by atoms with Crippen LogP contribution < -0.4 is 5.32 Å². The molecule has 4 nitrogen and oxygen atoms in total. The fraction of sp³-hybridized carbons (Fsp3) is 0.769. The molecule has 1 aliphatic rings. The Bertz CT molecular complexity index is 334. The third kappa shape index (κ3) is 3.82. The van der Waals surface area contributed by atoms with Gasteiger partial charge in [0, 0.05) is 25.8 Å². The van der Waals surface area contributed by atoms with Gasteiger partial charge in [0.25, 0.3) is 0 Å². The summed E-state index contributed by atoms with van der Waals surface area (Å²) in [7, 11) is 4.21. The first-order chi connectivity index (χ1) is 8.25. The second-order valence-electron chi connectivity index (χ2n) is 5.08. The van der Waals surface area contributed by atoms with Gasteiger partial charge in [0.1, 0.15) is 0 Å². The summed E-state index contributed by atoms with van der Waals surface area (Å²) in [6.07, 6.45) is 7.38. The highest BCUT2D eigenvalue weighted by Gasteiger charge is 2.17. The molecular formula is C13H24N4. The number of aryl methyl sites for hydroxylation is 1. The molecule has 17 heavy (non-hydrogen) atoms. The van der Waals surface area contributed by atoms with Crippen molar-refractivity contribution in [3.8, 4) is 0 Å². The molecule has 0 aromatic carbocycles. The topological polar surface area (TPSA) is 33.1 Å². The van der Waals surface area contributed by atoms with Crippen molar-refractivity contribution in [2.45, 2.75) is 38.3 Å². The molecule has 0 bridgehead atoms. The summed E-state index contributed by atoms with van der Waals surface area (Å²) in [6, 6.07) is 2.85. The van der Waals surface area contributed by atoms with Crippen LogP contribution in [-0.2, 0) is 13.6 Å². The standard InChI is InChI=1S/C13H24N4/c1-16-9-4-3-5-13(16)6-8-14-11-12-7-10-17(2)15-12/h7,10,13-14H,3-6,8-9,11H2,1-2H3. The molecule has 1 saturated heterocycles. The van der Waals surface area contributed by atoms with Crippen LogP contribution in [-0.4, -0.2) is 40.9 Å². The number of aromatic nitrogens is 2. The first-order valence-electron chi connectivity index (χ1n) is 6.65. The Morgan fingerprint density at radius 2 is 2.29 bits per heavy atom. The number of likely N-dealkylation sites (tertiary alicyclic amines) is 1. The minimum Gasteiger partial charge on any atom is -0.311 e. The lowest BCUT2D eigenvalue weighted by molar-refractivity contribution is 0.175. The normalized spacial score (nSPS) is 21.9. The monoisotopic (exact) mass is 236 g/mol. The van der Waals surface area contributed by atoms with E-state index in [1.165, 1.54) is 32.2 Å². The van der Waals surface area contributed by atoms with Crippen LogP contribution in [0.25, 0.3) is 0 Å². The molecule has 1 aromatic rings. The van der Waals surface area contributed by atoms with Crippen LogP contribution in [0.4, 0.5) is 0 Å². The van der Waals surface area contributed by atoms with Crippen molar-refractivity contribution in [1.29, 1.82) is 0 Å². The van der Waals surface area contributed by atoms with Gasteiger partial charge in [-0.05, 0) is 45.5 Å². The number of hydrogen-bond donors (Lipinski definition) is 1. The summed E-state index contributed by atoms with van der Waals surface area (Å²) in [4.78, 5) is 2.51. The number of hydrogen-bond acceptors (Lipinski definition) is 3. The van der Waals surface area contributed by atoms with E-state index >= 15 is 0 Å². The molecule has 0 radical (unpaired) electrons. The highest BCUT2D eigenvalue weighted by atomic mass is 15.3. The molecule has 0 amide bonds. The molecule has 1 fully saturated rings. The van der Waals surface area contributed by atoms with Gasteiger partial charge in [-0.15, -0.1) is 0 Å². The van der Waals surface area contributed by atoms with Crippen LogP contribution in [0.15, 0.2) is 12.3 Å². The molecule has 4 heteroatoms. The van der Waals surface area contributed by atoms with Gasteiger partial charge in [0.05, 0.1) is 5.69 Å². The minimum absolute atomic E-state index is 0.778. The lowest BCUT2D eigenvalue weighted by atomic mass is 10.0. The van der Waals surface area contributed by atoms with Crippen LogP contribution in [0.1, 0.15) is 31.4 Å². The molecule has 1 aromatic heterocycles. The highest BCUT2D eigenvalue weighted by Crippen LogP contribution is 2.17. The maximum Gasteiger partial charge on any atom is 0.0762 e. The first-order valence-corrected chi connectivity index (χ1v) is 6.65. The van der Waals surface area contributed by atoms with E-state index in [0.29, 0.717) is 0 Å². The summed E-state index contributed by atoms with van der Waals surface area (Å²) in [5.74, 6) is 0. The summed E-state index contributed by atoms with van der Waals surface area (Å²) in [5, 5.41) is 7.83. The van der Waals surface area contributed by atoms with Gasteiger partial charge in [-0.1, -0.05) is 6.42 Å². The number of rotatable bonds is 5. The van der Waals surface area contributed by atoms with Crippen LogP contribution in [0.2, 0.25) is 0 Å². The van der Waals surface area contributed by atoms with Gasteiger partial charge >= 0.3 is 0 Å². The molecule has 1 atom stereocenters. The smallest absolute Gasteiger partial charge is 0.0762 e. The van der Waals surface area contributed by atoms with Gasteiger partial charge < -0.3 is 10.2 Å². The Hall–Kier alpha value is -0.870. The van der Waals surface area contributed by atoms with E-state index in [4.69, 9.17) is 0 Å². The van der Waals surface area contributed by atoms with Gasteiger partial charge in [0.15, 0.2) is 0 Å². The van der Waals surface area contributed by atoms with E-state index in [9.17, 15) is 0 Å². The number of piperidine rings is 1. The fourth-order valence-electron chi connectivity index (χ4n) is 2.55. The second-order valence-corrected chi connectivity index (χ2v) is 5.08. The van der Waals surface area contributed by atoms with E-state index in [0.717, 1.165) is 24.8 Å². The second kappa shape index (κ2) is 6.17. The summed E-state index contributed by atoms with van der Waals surface area (Å²) in [5.41, 5.74) is 1.13. The zero-order valence-corrected chi connectivity index (χ0v) is 11.0. The Morgan fingerprint density at radius 1 is 1.41 bits per heavy atom. The highest BCUT2D eigenvalue weighted by molar-refractivity contribution is 4.97. The lowest BCUT2D eigenvalue weighted by Crippen LogP contribution is -2.38. The van der Waals surface area contributed by atoms with Crippen LogP contribution in [0.3, 0.4) is 0 Å². The largest absolute Gasteiger partial charge is 0.311 e. The Labute approximate surface area is 104 Å². The molecule has 2 heterocycles. The van der Waals surface area contributed by atoms with Crippen molar-refractivity contribution in [1.82, 2.24) is 20.0 Å². The van der Waals surface area contributed by atoms with Crippen LogP contribution in [0.5, 0.6) is 0 Å². The van der Waals surface area contributed by atoms with E-state index in [2.05, 4.69) is 28.4 Å². The zero-order chi connectivity index (χ0) is 12.1. The lowest BCUT2D eigenvalue weighted by Gasteiger charge is -2.32. The summed E-state index contributed by atoms with van der Waals surface area (Å²) >= 11 is 0. The van der Waals surface area contributed by atoms with Gasteiger partial charge in [-0.25, -0.2) is 0 Å². The SMILES string of the molecule is CN1CCCCC1CCNCc1ccn(C)n1. The van der Waals surface area contributed by atoms with Crippen LogP contribution >= 0.6 is 0 Å². The van der Waals surface area contributed by atoms with Gasteiger partial charge in [-0.3, -0.25) is 4.68 Å². The van der Waals surface area contributed by atoms with Crippen molar-refractivity contribution < 1.29 is 0 Å². The van der Waals surface area contributed by atoms with Gasteiger partial charge in [0.2, 0.25) is 0 Å². The quantitative estimate of drug-likeness (QED) is 0.784. The zero-order valence-electron chi connectivity index (χ0n) is 11.0. The Morgan fingerprint density at radius 3 is 3.00 bits per heavy atom. The average molecular weight is 236 g/mol. The molecule has 96 valence electrons. The van der Waals surface area contributed by atoms with Gasteiger partial charge in [-0.2, -0.15) is 5.10 Å². The van der Waals surface area contributed by atoms with E-state index in [1.54, 1.807) is 0 Å². The fourth-order valence-corrected chi connectivity index (χ4v) is 2.55. The molecule has 0 aliphatic carbocycles. The molecule has 2 rings (SSSR count). The van der Waals surface area contributed by atoms with Crippen molar-refractivity contribution in [2.75, 3.05) is 20.1 Å². The van der Waals surface area contributed by atoms with E-state index in [-0.39, 0.29) is 0 Å². The molecule has 1 aliphatic heterocycles. The number of nitrogens with one attached hydrogen (secondary N) is 1. The molecule has 1 N–H and O–H groups in total. The minimum atomic E-state index is 0.778. The molecule has 1 unspecified atom stereocenters. The predicted molar refractivity (Wildman–Crippen MR) is 69.8 cm³/mol. The predicted octanol–water partition coefficient (Wildman–Crippen LogP) is 1.38. The third-order valence-electron chi connectivity index (χ3n) is 3.65. The van der Waals surface area contributed by atoms with E-state index in [1.807, 2.05) is 17.9 Å². The summed E-state index contributed by atoms with van der Waals surface area (Å²) in [6.45, 7) is 3.24.